The molecule has 1 saturated heterocycles. The van der Waals surface area contributed by atoms with Crippen LogP contribution in [0.15, 0.2) is 23.1 Å². The molecule has 2 rings (SSSR count). The molecule has 1 aliphatic rings. The van der Waals surface area contributed by atoms with Gasteiger partial charge in [0.15, 0.2) is 9.84 Å². The van der Waals surface area contributed by atoms with Crippen LogP contribution in [0.3, 0.4) is 0 Å². The third-order valence-corrected chi connectivity index (χ3v) is 4.65. The first kappa shape index (κ1) is 13.2. The van der Waals surface area contributed by atoms with E-state index >= 15 is 0 Å². The SMILES string of the molecule is CC1CCN(c2cc(N)ccc2S(C)(=O)=O)CC1. The largest absolute Gasteiger partial charge is 0.399 e. The minimum absolute atomic E-state index is 0.381. The lowest BCUT2D eigenvalue weighted by Gasteiger charge is -2.33. The van der Waals surface area contributed by atoms with Crippen molar-refractivity contribution in [2.75, 3.05) is 30.0 Å². The van der Waals surface area contributed by atoms with Crippen LogP contribution >= 0.6 is 0 Å². The number of nitrogens with zero attached hydrogens (tertiary/aromatic N) is 1. The maximum Gasteiger partial charge on any atom is 0.177 e. The number of benzene rings is 1. The van der Waals surface area contributed by atoms with Crippen LogP contribution < -0.4 is 10.6 Å². The van der Waals surface area contributed by atoms with E-state index in [1.807, 2.05) is 0 Å². The van der Waals surface area contributed by atoms with Crippen molar-refractivity contribution in [3.63, 3.8) is 0 Å². The number of piperidine rings is 1. The molecule has 0 aliphatic carbocycles. The molecule has 2 N–H and O–H groups in total. The molecule has 1 aromatic carbocycles. The zero-order valence-corrected chi connectivity index (χ0v) is 11.7. The van der Waals surface area contributed by atoms with Crippen molar-refractivity contribution >= 4 is 21.2 Å². The van der Waals surface area contributed by atoms with Gasteiger partial charge in [0, 0.05) is 25.0 Å². The summed E-state index contributed by atoms with van der Waals surface area (Å²) in [5.41, 5.74) is 7.14. The maximum absolute atomic E-state index is 11.8. The lowest BCUT2D eigenvalue weighted by Crippen LogP contribution is -2.33. The molecule has 0 unspecified atom stereocenters. The lowest BCUT2D eigenvalue weighted by molar-refractivity contribution is 0.437. The molecule has 100 valence electrons. The molecule has 0 bridgehead atoms. The summed E-state index contributed by atoms with van der Waals surface area (Å²) in [6.45, 7) is 4.02. The normalized spacial score (nSPS) is 18.0. The van der Waals surface area contributed by atoms with Gasteiger partial charge in [-0.1, -0.05) is 6.92 Å². The van der Waals surface area contributed by atoms with Gasteiger partial charge in [0.25, 0.3) is 0 Å². The van der Waals surface area contributed by atoms with Crippen molar-refractivity contribution in [3.8, 4) is 0 Å². The molecule has 0 radical (unpaired) electrons. The third-order valence-electron chi connectivity index (χ3n) is 3.51. The third kappa shape index (κ3) is 2.77. The van der Waals surface area contributed by atoms with Crippen LogP contribution in [0.5, 0.6) is 0 Å². The fourth-order valence-corrected chi connectivity index (χ4v) is 3.23. The van der Waals surface area contributed by atoms with Crippen LogP contribution in [0, 0.1) is 5.92 Å². The van der Waals surface area contributed by atoms with Gasteiger partial charge in [-0.05, 0) is 37.0 Å². The predicted molar refractivity (Wildman–Crippen MR) is 74.6 cm³/mol. The predicted octanol–water partition coefficient (Wildman–Crippen LogP) is 1.91. The number of anilines is 2. The van der Waals surface area contributed by atoms with Gasteiger partial charge in [0.2, 0.25) is 0 Å². The fraction of sp³-hybridized carbons (Fsp3) is 0.538. The van der Waals surface area contributed by atoms with Gasteiger partial charge in [-0.2, -0.15) is 0 Å². The number of hydrogen-bond donors (Lipinski definition) is 1. The van der Waals surface area contributed by atoms with Crippen molar-refractivity contribution in [1.82, 2.24) is 0 Å². The smallest absolute Gasteiger partial charge is 0.177 e. The summed E-state index contributed by atoms with van der Waals surface area (Å²) in [5, 5.41) is 0. The van der Waals surface area contributed by atoms with Gasteiger partial charge in [-0.15, -0.1) is 0 Å². The summed E-state index contributed by atoms with van der Waals surface area (Å²) in [4.78, 5) is 2.51. The first-order valence-corrected chi connectivity index (χ1v) is 8.11. The topological polar surface area (TPSA) is 63.4 Å². The number of nitrogens with two attached hydrogens (primary N) is 1. The van der Waals surface area contributed by atoms with E-state index in [1.54, 1.807) is 18.2 Å². The summed E-state index contributed by atoms with van der Waals surface area (Å²) in [6.07, 6.45) is 3.44. The second-order valence-electron chi connectivity index (χ2n) is 5.17. The molecule has 0 amide bonds. The van der Waals surface area contributed by atoms with E-state index in [2.05, 4.69) is 11.8 Å². The number of sulfone groups is 1. The van der Waals surface area contributed by atoms with E-state index in [4.69, 9.17) is 5.73 Å². The molecule has 1 fully saturated rings. The highest BCUT2D eigenvalue weighted by atomic mass is 32.2. The summed E-state index contributed by atoms with van der Waals surface area (Å²) < 4.78 is 23.6. The van der Waals surface area contributed by atoms with E-state index in [1.165, 1.54) is 6.26 Å². The van der Waals surface area contributed by atoms with Gasteiger partial charge in [-0.25, -0.2) is 8.42 Å². The van der Waals surface area contributed by atoms with Crippen LogP contribution in [-0.2, 0) is 9.84 Å². The van der Waals surface area contributed by atoms with Crippen LogP contribution in [0.1, 0.15) is 19.8 Å². The molecule has 0 aromatic heterocycles. The summed E-state index contributed by atoms with van der Waals surface area (Å²) in [6, 6.07) is 5.02. The zero-order chi connectivity index (χ0) is 13.3. The summed E-state index contributed by atoms with van der Waals surface area (Å²) in [7, 11) is -3.21. The average molecular weight is 268 g/mol. The van der Waals surface area contributed by atoms with Crippen LogP contribution in [-0.4, -0.2) is 27.8 Å². The van der Waals surface area contributed by atoms with Gasteiger partial charge in [0.1, 0.15) is 0 Å². The number of rotatable bonds is 2. The summed E-state index contributed by atoms with van der Waals surface area (Å²) in [5.74, 6) is 0.712. The Morgan fingerprint density at radius 2 is 1.89 bits per heavy atom. The molecule has 1 heterocycles. The molecule has 5 heteroatoms. The minimum atomic E-state index is -3.21. The van der Waals surface area contributed by atoms with E-state index in [0.29, 0.717) is 16.5 Å². The Hall–Kier alpha value is -1.23. The quantitative estimate of drug-likeness (QED) is 0.832. The number of nitrogen functional groups attached to an aromatic ring is 1. The van der Waals surface area contributed by atoms with Crippen molar-refractivity contribution in [2.24, 2.45) is 5.92 Å². The molecule has 18 heavy (non-hydrogen) atoms. The van der Waals surface area contributed by atoms with Crippen molar-refractivity contribution < 1.29 is 8.42 Å². The van der Waals surface area contributed by atoms with Gasteiger partial charge in [-0.3, -0.25) is 0 Å². The summed E-state index contributed by atoms with van der Waals surface area (Å²) >= 11 is 0. The maximum atomic E-state index is 11.8. The standard InChI is InChI=1S/C13H20N2O2S/c1-10-5-7-15(8-6-10)12-9-11(14)3-4-13(12)18(2,16)17/h3-4,9-10H,5-8,14H2,1-2H3. The lowest BCUT2D eigenvalue weighted by atomic mass is 9.99. The molecular formula is C13H20N2O2S. The van der Waals surface area contributed by atoms with Crippen LogP contribution in [0.25, 0.3) is 0 Å². The highest BCUT2D eigenvalue weighted by Crippen LogP contribution is 2.30. The van der Waals surface area contributed by atoms with Crippen molar-refractivity contribution in [2.45, 2.75) is 24.7 Å². The van der Waals surface area contributed by atoms with E-state index < -0.39 is 9.84 Å². The average Bonchev–Trinajstić information content (AvgIpc) is 2.28. The Labute approximate surface area is 109 Å². The van der Waals surface area contributed by atoms with Gasteiger partial charge >= 0.3 is 0 Å². The molecule has 0 atom stereocenters. The molecule has 0 saturated carbocycles. The minimum Gasteiger partial charge on any atom is -0.399 e. The Kier molecular flexibility index (Phi) is 3.52. The second kappa shape index (κ2) is 4.80. The first-order chi connectivity index (χ1) is 8.38. The highest BCUT2D eigenvalue weighted by molar-refractivity contribution is 7.90. The molecule has 1 aromatic rings. The fourth-order valence-electron chi connectivity index (χ4n) is 2.34. The van der Waals surface area contributed by atoms with Crippen LogP contribution in [0.2, 0.25) is 0 Å². The molecule has 4 nitrogen and oxygen atoms in total. The first-order valence-electron chi connectivity index (χ1n) is 6.22. The van der Waals surface area contributed by atoms with Gasteiger partial charge < -0.3 is 10.6 Å². The van der Waals surface area contributed by atoms with Crippen molar-refractivity contribution in [1.29, 1.82) is 0 Å². The van der Waals surface area contributed by atoms with E-state index in [9.17, 15) is 8.42 Å². The molecule has 1 aliphatic heterocycles. The van der Waals surface area contributed by atoms with E-state index in [0.717, 1.165) is 31.6 Å². The second-order valence-corrected chi connectivity index (χ2v) is 7.15. The molecule has 0 spiro atoms. The Morgan fingerprint density at radius 3 is 2.44 bits per heavy atom. The zero-order valence-electron chi connectivity index (χ0n) is 10.9. The van der Waals surface area contributed by atoms with Gasteiger partial charge in [0.05, 0.1) is 10.6 Å². The number of hydrogen-bond acceptors (Lipinski definition) is 4. The Balaban J connectivity index is 2.40. The molecular weight excluding hydrogens is 248 g/mol. The highest BCUT2D eigenvalue weighted by Gasteiger charge is 2.22. The van der Waals surface area contributed by atoms with E-state index in [-0.39, 0.29) is 0 Å². The monoisotopic (exact) mass is 268 g/mol. The Morgan fingerprint density at radius 1 is 1.28 bits per heavy atom. The Bertz CT molecular complexity index is 532. The van der Waals surface area contributed by atoms with Crippen molar-refractivity contribution in [3.05, 3.63) is 18.2 Å². The van der Waals surface area contributed by atoms with Crippen LogP contribution in [0.4, 0.5) is 11.4 Å².